The Morgan fingerprint density at radius 3 is 1.94 bits per heavy atom. The lowest BCUT2D eigenvalue weighted by atomic mass is 9.95. The van der Waals surface area contributed by atoms with Gasteiger partial charge >= 0.3 is 5.97 Å². The first-order chi connectivity index (χ1) is 16.5. The van der Waals surface area contributed by atoms with Crippen LogP contribution < -0.4 is 4.74 Å². The maximum absolute atomic E-state index is 13.6. The first-order valence-corrected chi connectivity index (χ1v) is 11.4. The summed E-state index contributed by atoms with van der Waals surface area (Å²) in [4.78, 5) is 18.5. The quantitative estimate of drug-likeness (QED) is 0.211. The zero-order chi connectivity index (χ0) is 23.7. The molecule has 0 aliphatic carbocycles. The second-order valence-electron chi connectivity index (χ2n) is 8.58. The zero-order valence-electron chi connectivity index (χ0n) is 19.5. The maximum atomic E-state index is 13.6. The van der Waals surface area contributed by atoms with E-state index < -0.39 is 0 Å². The molecule has 0 aliphatic heterocycles. The van der Waals surface area contributed by atoms with Crippen LogP contribution in [-0.4, -0.2) is 11.0 Å². The van der Waals surface area contributed by atoms with Crippen molar-refractivity contribution in [3.8, 4) is 28.1 Å². The van der Waals surface area contributed by atoms with Crippen LogP contribution in [0.1, 0.15) is 27.0 Å². The molecule has 3 heteroatoms. The van der Waals surface area contributed by atoms with Gasteiger partial charge in [0, 0.05) is 10.9 Å². The number of aryl methyl sites for hydroxylation is 2. The molecule has 0 aliphatic rings. The smallest absolute Gasteiger partial charge is 0.344 e. The summed E-state index contributed by atoms with van der Waals surface area (Å²) in [7, 11) is 0. The van der Waals surface area contributed by atoms with Gasteiger partial charge in [-0.3, -0.25) is 0 Å². The van der Waals surface area contributed by atoms with Gasteiger partial charge in [0.05, 0.1) is 16.8 Å². The van der Waals surface area contributed by atoms with E-state index in [4.69, 9.17) is 9.72 Å². The summed E-state index contributed by atoms with van der Waals surface area (Å²) < 4.78 is 5.88. The Hall–Kier alpha value is -4.24. The number of fused-ring (bicyclic) bond motifs is 1. The third-order valence-electron chi connectivity index (χ3n) is 6.09. The van der Waals surface area contributed by atoms with E-state index in [0.29, 0.717) is 11.3 Å². The lowest BCUT2D eigenvalue weighted by Crippen LogP contribution is -2.13. The topological polar surface area (TPSA) is 39.2 Å². The molecule has 0 bridgehead atoms. The number of rotatable bonds is 4. The van der Waals surface area contributed by atoms with Gasteiger partial charge in [0.25, 0.3) is 0 Å². The second-order valence-corrected chi connectivity index (χ2v) is 8.58. The average molecular weight is 444 g/mol. The standard InChI is InChI=1S/C31H25NO2/c1-20-18-21(2)29-27(19-20)28(22(3)30(32-29)25-12-8-5-9-13-25)31(33)34-26-16-14-24(15-17-26)23-10-6-4-7-11-23/h4-19H,1-3H3. The van der Waals surface area contributed by atoms with E-state index >= 15 is 0 Å². The summed E-state index contributed by atoms with van der Waals surface area (Å²) in [6.07, 6.45) is 0. The molecular weight excluding hydrogens is 418 g/mol. The van der Waals surface area contributed by atoms with Crippen molar-refractivity contribution in [3.63, 3.8) is 0 Å². The largest absolute Gasteiger partial charge is 0.423 e. The minimum absolute atomic E-state index is 0.375. The minimum Gasteiger partial charge on any atom is -0.423 e. The minimum atomic E-state index is -0.375. The van der Waals surface area contributed by atoms with Crippen molar-refractivity contribution in [2.75, 3.05) is 0 Å². The molecule has 0 fully saturated rings. The van der Waals surface area contributed by atoms with Crippen LogP contribution in [0.4, 0.5) is 0 Å². The molecule has 166 valence electrons. The molecule has 5 aromatic rings. The number of pyridine rings is 1. The van der Waals surface area contributed by atoms with Gasteiger partial charge < -0.3 is 4.74 Å². The summed E-state index contributed by atoms with van der Waals surface area (Å²) in [5.74, 6) is 0.138. The van der Waals surface area contributed by atoms with E-state index in [1.807, 2.05) is 99.6 Å². The zero-order valence-corrected chi connectivity index (χ0v) is 19.5. The molecule has 1 heterocycles. The molecule has 0 saturated heterocycles. The Labute approximate surface area is 199 Å². The molecule has 3 nitrogen and oxygen atoms in total. The van der Waals surface area contributed by atoms with Gasteiger partial charge in [-0.25, -0.2) is 9.78 Å². The molecule has 1 aromatic heterocycles. The first kappa shape index (κ1) is 21.6. The Morgan fingerprint density at radius 1 is 0.706 bits per heavy atom. The van der Waals surface area contributed by atoms with Crippen molar-refractivity contribution >= 4 is 16.9 Å². The van der Waals surface area contributed by atoms with Gasteiger partial charge in [-0.05, 0) is 61.2 Å². The third-order valence-corrected chi connectivity index (χ3v) is 6.09. The Bertz CT molecular complexity index is 1490. The average Bonchev–Trinajstić information content (AvgIpc) is 2.85. The molecule has 0 N–H and O–H groups in total. The third kappa shape index (κ3) is 4.08. The van der Waals surface area contributed by atoms with Gasteiger partial charge in [0.2, 0.25) is 0 Å². The van der Waals surface area contributed by atoms with E-state index in [2.05, 4.69) is 18.2 Å². The molecule has 0 amide bonds. The van der Waals surface area contributed by atoms with Gasteiger partial charge in [-0.1, -0.05) is 84.4 Å². The van der Waals surface area contributed by atoms with Crippen molar-refractivity contribution < 1.29 is 9.53 Å². The van der Waals surface area contributed by atoms with Crippen LogP contribution >= 0.6 is 0 Å². The number of benzene rings is 4. The number of aromatic nitrogens is 1. The Balaban J connectivity index is 1.58. The summed E-state index contributed by atoms with van der Waals surface area (Å²) in [5.41, 5.74) is 8.28. The van der Waals surface area contributed by atoms with E-state index in [1.54, 1.807) is 0 Å². The maximum Gasteiger partial charge on any atom is 0.344 e. The lowest BCUT2D eigenvalue weighted by Gasteiger charge is -2.16. The van der Waals surface area contributed by atoms with Crippen LogP contribution in [0.2, 0.25) is 0 Å². The number of esters is 1. The number of ether oxygens (including phenoxy) is 1. The summed E-state index contributed by atoms with van der Waals surface area (Å²) in [6, 6.07) is 31.8. The van der Waals surface area contributed by atoms with Crippen LogP contribution in [0.25, 0.3) is 33.3 Å². The molecule has 0 unspecified atom stereocenters. The van der Waals surface area contributed by atoms with Gasteiger partial charge in [-0.15, -0.1) is 0 Å². The van der Waals surface area contributed by atoms with E-state index in [-0.39, 0.29) is 5.97 Å². The van der Waals surface area contributed by atoms with Gasteiger partial charge in [0.1, 0.15) is 5.75 Å². The van der Waals surface area contributed by atoms with Crippen molar-refractivity contribution in [3.05, 3.63) is 119 Å². The molecule has 34 heavy (non-hydrogen) atoms. The number of hydrogen-bond acceptors (Lipinski definition) is 3. The highest BCUT2D eigenvalue weighted by Crippen LogP contribution is 2.33. The predicted octanol–water partition coefficient (Wildman–Crippen LogP) is 7.71. The Morgan fingerprint density at radius 2 is 1.29 bits per heavy atom. The van der Waals surface area contributed by atoms with Crippen molar-refractivity contribution in [2.45, 2.75) is 20.8 Å². The van der Waals surface area contributed by atoms with Crippen LogP contribution in [0.3, 0.4) is 0 Å². The first-order valence-electron chi connectivity index (χ1n) is 11.4. The van der Waals surface area contributed by atoms with E-state index in [9.17, 15) is 4.79 Å². The molecule has 0 atom stereocenters. The number of carbonyl (C=O) groups is 1. The fourth-order valence-corrected chi connectivity index (χ4v) is 4.46. The van der Waals surface area contributed by atoms with Crippen LogP contribution in [-0.2, 0) is 0 Å². The SMILES string of the molecule is Cc1cc(C)c2nc(-c3ccccc3)c(C)c(C(=O)Oc3ccc(-c4ccccc4)cc3)c2c1. The lowest BCUT2D eigenvalue weighted by molar-refractivity contribution is 0.0736. The fourth-order valence-electron chi connectivity index (χ4n) is 4.46. The molecule has 5 rings (SSSR count). The second kappa shape index (κ2) is 8.95. The van der Waals surface area contributed by atoms with Gasteiger partial charge in [-0.2, -0.15) is 0 Å². The fraction of sp³-hybridized carbons (Fsp3) is 0.0968. The summed E-state index contributed by atoms with van der Waals surface area (Å²) in [6.45, 7) is 6.01. The van der Waals surface area contributed by atoms with Crippen molar-refractivity contribution in [2.24, 2.45) is 0 Å². The van der Waals surface area contributed by atoms with Crippen molar-refractivity contribution in [1.29, 1.82) is 0 Å². The highest BCUT2D eigenvalue weighted by Gasteiger charge is 2.22. The molecular formula is C31H25NO2. The molecule has 0 spiro atoms. The highest BCUT2D eigenvalue weighted by molar-refractivity contribution is 6.08. The molecule has 0 radical (unpaired) electrons. The number of hydrogen-bond donors (Lipinski definition) is 0. The Kier molecular flexibility index (Phi) is 5.69. The summed E-state index contributed by atoms with van der Waals surface area (Å²) >= 11 is 0. The predicted molar refractivity (Wildman–Crippen MR) is 138 cm³/mol. The van der Waals surface area contributed by atoms with E-state index in [0.717, 1.165) is 50.0 Å². The van der Waals surface area contributed by atoms with Crippen LogP contribution in [0.15, 0.2) is 97.1 Å². The normalized spacial score (nSPS) is 10.9. The number of carbonyl (C=O) groups excluding carboxylic acids is 1. The van der Waals surface area contributed by atoms with Crippen molar-refractivity contribution in [1.82, 2.24) is 4.98 Å². The van der Waals surface area contributed by atoms with Crippen LogP contribution in [0.5, 0.6) is 5.75 Å². The highest BCUT2D eigenvalue weighted by atomic mass is 16.5. The van der Waals surface area contributed by atoms with E-state index in [1.165, 1.54) is 0 Å². The summed E-state index contributed by atoms with van der Waals surface area (Å²) in [5, 5.41) is 0.820. The molecule has 0 saturated carbocycles. The monoisotopic (exact) mass is 443 g/mol. The molecule has 4 aromatic carbocycles. The van der Waals surface area contributed by atoms with Crippen LogP contribution in [0, 0.1) is 20.8 Å². The van der Waals surface area contributed by atoms with Gasteiger partial charge in [0.15, 0.2) is 0 Å². The number of nitrogens with zero attached hydrogens (tertiary/aromatic N) is 1.